The summed E-state index contributed by atoms with van der Waals surface area (Å²) < 4.78 is 9.32. The lowest BCUT2D eigenvalue weighted by Gasteiger charge is -2.28. The van der Waals surface area contributed by atoms with Crippen LogP contribution in [0.15, 0.2) is 48.5 Å². The summed E-state index contributed by atoms with van der Waals surface area (Å²) in [6.07, 6.45) is 3.59. The molecule has 0 bridgehead atoms. The van der Waals surface area contributed by atoms with Crippen LogP contribution in [-0.2, 0) is 17.8 Å². The van der Waals surface area contributed by atoms with Crippen LogP contribution in [0.4, 0.5) is 4.79 Å². The lowest BCUT2D eigenvalue weighted by atomic mass is 10.2. The molecule has 10 nitrogen and oxygen atoms in total. The van der Waals surface area contributed by atoms with E-state index < -0.39 is 5.60 Å². The van der Waals surface area contributed by atoms with Gasteiger partial charge in [0.1, 0.15) is 5.60 Å². The molecule has 1 amide bonds. The number of amides is 1. The molecule has 0 saturated carbocycles. The predicted molar refractivity (Wildman–Crippen MR) is 183 cm³/mol. The minimum atomic E-state index is -0.543. The van der Waals surface area contributed by atoms with Crippen LogP contribution in [0.2, 0.25) is 20.6 Å². The SMILES string of the molecule is CC(C)(C)OC(=O)N1CCC[C@@H]1c1nnc(Cl)n1Cc1ccc(Cl)cc1.Cl.Clc1ccc(Cn2c(Cl)nnc2[C@H]2CCCN2)cc1. The third kappa shape index (κ3) is 9.27. The standard InChI is InChI=1S/C18H22Cl2N4O2.C13H14Cl2N4.ClH/c1-18(2,3)26-17(25)23-10-4-5-14(23)15-21-22-16(20)24(15)11-12-6-8-13(19)9-7-12;14-10-5-3-9(4-6-10)8-19-12(17-18-13(19)15)11-2-1-7-16-11;/h6-9,14H,4-5,10-11H2,1-3H3;3-6,11,16H,1-2,7-8H2;1H/t14-;11-;/m11./s1. The topological polar surface area (TPSA) is 103 Å². The molecule has 1 N–H and O–H groups in total. The average molecular weight is 731 g/mol. The first kappa shape index (κ1) is 36.2. The molecule has 46 heavy (non-hydrogen) atoms. The third-order valence-electron chi connectivity index (χ3n) is 7.53. The summed E-state index contributed by atoms with van der Waals surface area (Å²) in [5, 5.41) is 22.0. The molecule has 2 aliphatic heterocycles. The highest BCUT2D eigenvalue weighted by molar-refractivity contribution is 6.31. The van der Waals surface area contributed by atoms with Gasteiger partial charge in [-0.1, -0.05) is 47.5 Å². The van der Waals surface area contributed by atoms with Gasteiger partial charge in [0.05, 0.1) is 25.2 Å². The molecule has 0 radical (unpaired) electrons. The van der Waals surface area contributed by atoms with E-state index in [0.717, 1.165) is 54.2 Å². The number of aromatic nitrogens is 6. The molecule has 0 spiro atoms. The van der Waals surface area contributed by atoms with E-state index >= 15 is 0 Å². The van der Waals surface area contributed by atoms with E-state index in [2.05, 4.69) is 25.7 Å². The van der Waals surface area contributed by atoms with Crippen molar-refractivity contribution in [3.8, 4) is 0 Å². The third-order valence-corrected chi connectivity index (χ3v) is 8.59. The second kappa shape index (κ2) is 16.0. The summed E-state index contributed by atoms with van der Waals surface area (Å²) >= 11 is 24.2. The number of likely N-dealkylation sites (tertiary alicyclic amines) is 1. The molecule has 4 heterocycles. The number of hydrogen-bond donors (Lipinski definition) is 1. The quantitative estimate of drug-likeness (QED) is 0.214. The fourth-order valence-corrected chi connectivity index (χ4v) is 6.03. The molecule has 0 aliphatic carbocycles. The number of carbonyl (C=O) groups excluding carboxylic acids is 1. The number of ether oxygens (including phenoxy) is 1. The van der Waals surface area contributed by atoms with E-state index in [1.165, 1.54) is 0 Å². The molecule has 0 unspecified atom stereocenters. The first-order valence-electron chi connectivity index (χ1n) is 14.9. The van der Waals surface area contributed by atoms with Crippen molar-refractivity contribution in [2.24, 2.45) is 0 Å². The lowest BCUT2D eigenvalue weighted by molar-refractivity contribution is 0.0216. The van der Waals surface area contributed by atoms with Crippen molar-refractivity contribution in [3.63, 3.8) is 0 Å². The van der Waals surface area contributed by atoms with Gasteiger partial charge < -0.3 is 10.1 Å². The van der Waals surface area contributed by atoms with Gasteiger partial charge in [-0.05, 0) is 112 Å². The van der Waals surface area contributed by atoms with Crippen LogP contribution in [0.1, 0.15) is 81.3 Å². The van der Waals surface area contributed by atoms with Crippen molar-refractivity contribution in [1.29, 1.82) is 0 Å². The van der Waals surface area contributed by atoms with E-state index in [-0.39, 0.29) is 30.6 Å². The molecule has 2 fully saturated rings. The van der Waals surface area contributed by atoms with E-state index in [4.69, 9.17) is 51.1 Å². The zero-order valence-electron chi connectivity index (χ0n) is 25.8. The molecular weight excluding hydrogens is 694 g/mol. The van der Waals surface area contributed by atoms with Gasteiger partial charge in [-0.3, -0.25) is 14.0 Å². The fourth-order valence-electron chi connectivity index (χ4n) is 5.41. The maximum absolute atomic E-state index is 12.6. The van der Waals surface area contributed by atoms with Gasteiger partial charge in [0.25, 0.3) is 0 Å². The van der Waals surface area contributed by atoms with Crippen molar-refractivity contribution in [2.75, 3.05) is 13.1 Å². The molecule has 2 aromatic heterocycles. The smallest absolute Gasteiger partial charge is 0.410 e. The minimum absolute atomic E-state index is 0. The number of nitrogens with one attached hydrogen (secondary N) is 1. The van der Waals surface area contributed by atoms with Crippen molar-refractivity contribution >= 4 is 64.9 Å². The number of nitrogens with zero attached hydrogens (tertiary/aromatic N) is 7. The van der Waals surface area contributed by atoms with Gasteiger partial charge in [-0.25, -0.2) is 4.79 Å². The van der Waals surface area contributed by atoms with Crippen LogP contribution in [0, 0.1) is 0 Å². The van der Waals surface area contributed by atoms with Gasteiger partial charge in [0.2, 0.25) is 10.6 Å². The van der Waals surface area contributed by atoms with Gasteiger partial charge in [0, 0.05) is 16.6 Å². The van der Waals surface area contributed by atoms with Crippen LogP contribution in [-0.4, -0.2) is 59.2 Å². The Bertz CT molecular complexity index is 1580. The van der Waals surface area contributed by atoms with E-state index in [9.17, 15) is 4.79 Å². The fraction of sp³-hybridized carbons (Fsp3) is 0.452. The molecule has 15 heteroatoms. The highest BCUT2D eigenvalue weighted by atomic mass is 35.5. The number of carbonyl (C=O) groups is 1. The zero-order valence-corrected chi connectivity index (χ0v) is 29.6. The first-order chi connectivity index (χ1) is 21.5. The van der Waals surface area contributed by atoms with E-state index in [1.54, 1.807) is 4.90 Å². The van der Waals surface area contributed by atoms with Crippen LogP contribution < -0.4 is 5.32 Å². The zero-order chi connectivity index (χ0) is 32.1. The average Bonchev–Trinajstić information content (AvgIpc) is 3.80. The summed E-state index contributed by atoms with van der Waals surface area (Å²) in [6, 6.07) is 15.3. The Morgan fingerprint density at radius 2 is 1.33 bits per heavy atom. The molecule has 4 aromatic rings. The number of rotatable bonds is 6. The lowest BCUT2D eigenvalue weighted by Crippen LogP contribution is -2.37. The van der Waals surface area contributed by atoms with Crippen molar-refractivity contribution in [3.05, 3.63) is 91.9 Å². The van der Waals surface area contributed by atoms with Crippen LogP contribution in [0.5, 0.6) is 0 Å². The second-order valence-corrected chi connectivity index (χ2v) is 13.6. The monoisotopic (exact) mass is 728 g/mol. The highest BCUT2D eigenvalue weighted by Gasteiger charge is 2.36. The number of benzene rings is 2. The maximum Gasteiger partial charge on any atom is 0.410 e. The summed E-state index contributed by atoms with van der Waals surface area (Å²) in [5.74, 6) is 1.59. The molecule has 2 aliphatic rings. The van der Waals surface area contributed by atoms with Gasteiger partial charge >= 0.3 is 6.09 Å². The van der Waals surface area contributed by atoms with E-state index in [0.29, 0.717) is 41.0 Å². The Labute approximate surface area is 295 Å². The summed E-state index contributed by atoms with van der Waals surface area (Å²) in [7, 11) is 0. The van der Waals surface area contributed by atoms with Crippen LogP contribution >= 0.6 is 58.8 Å². The Morgan fingerprint density at radius 1 is 0.804 bits per heavy atom. The van der Waals surface area contributed by atoms with Crippen LogP contribution in [0.25, 0.3) is 0 Å². The van der Waals surface area contributed by atoms with E-state index in [1.807, 2.05) is 78.4 Å². The highest BCUT2D eigenvalue weighted by Crippen LogP contribution is 2.33. The van der Waals surface area contributed by atoms with Crippen LogP contribution in [0.3, 0.4) is 0 Å². The Morgan fingerprint density at radius 3 is 1.83 bits per heavy atom. The molecule has 2 atom stereocenters. The Kier molecular flexibility index (Phi) is 12.6. The summed E-state index contributed by atoms with van der Waals surface area (Å²) in [4.78, 5) is 14.3. The maximum atomic E-state index is 12.6. The van der Waals surface area contributed by atoms with Crippen molar-refractivity contribution in [2.45, 2.75) is 77.2 Å². The van der Waals surface area contributed by atoms with Crippen molar-refractivity contribution in [1.82, 2.24) is 39.7 Å². The predicted octanol–water partition coefficient (Wildman–Crippen LogP) is 8.18. The minimum Gasteiger partial charge on any atom is -0.444 e. The first-order valence-corrected chi connectivity index (χ1v) is 16.4. The number of hydrogen-bond acceptors (Lipinski definition) is 7. The second-order valence-electron chi connectivity index (χ2n) is 12.1. The summed E-state index contributed by atoms with van der Waals surface area (Å²) in [5.41, 5.74) is 1.61. The Hall–Kier alpha value is -2.60. The van der Waals surface area contributed by atoms with Gasteiger partial charge in [-0.2, -0.15) is 0 Å². The summed E-state index contributed by atoms with van der Waals surface area (Å²) in [6.45, 7) is 8.40. The molecule has 2 saturated heterocycles. The van der Waals surface area contributed by atoms with Gasteiger partial charge in [0.15, 0.2) is 11.6 Å². The van der Waals surface area contributed by atoms with Gasteiger partial charge in [-0.15, -0.1) is 32.8 Å². The normalized spacial score (nSPS) is 17.8. The largest absolute Gasteiger partial charge is 0.444 e. The van der Waals surface area contributed by atoms with Crippen molar-refractivity contribution < 1.29 is 9.53 Å². The molecule has 248 valence electrons. The molecular formula is C31H37Cl5N8O2. The Balaban J connectivity index is 0.000000213. The molecule has 2 aromatic carbocycles. The molecule has 6 rings (SSSR count). The number of halogens is 5.